The molecule has 0 bridgehead atoms. The van der Waals surface area contributed by atoms with E-state index in [0.29, 0.717) is 0 Å². The van der Waals surface area contributed by atoms with Gasteiger partial charge in [0.15, 0.2) is 0 Å². The van der Waals surface area contributed by atoms with Crippen LogP contribution in [-0.4, -0.2) is 9.78 Å². The highest BCUT2D eigenvalue weighted by Gasteiger charge is 2.19. The minimum Gasteiger partial charge on any atom is -0.269 e. The fourth-order valence-electron chi connectivity index (χ4n) is 1.49. The molecule has 0 amide bonds. The first-order chi connectivity index (χ1) is 5.99. The molecule has 0 aliphatic heterocycles. The highest BCUT2D eigenvalue weighted by molar-refractivity contribution is 5.17. The summed E-state index contributed by atoms with van der Waals surface area (Å²) in [7, 11) is 0. The number of aryl methyl sites for hydroxylation is 2. The Morgan fingerprint density at radius 2 is 1.92 bits per heavy atom. The fraction of sp³-hybridized carbons (Fsp3) is 0.727. The molecule has 0 N–H and O–H groups in total. The van der Waals surface area contributed by atoms with E-state index in [1.807, 2.05) is 0 Å². The van der Waals surface area contributed by atoms with Crippen molar-refractivity contribution < 1.29 is 0 Å². The summed E-state index contributed by atoms with van der Waals surface area (Å²) >= 11 is 0. The van der Waals surface area contributed by atoms with Crippen molar-refractivity contribution in [2.45, 2.75) is 53.0 Å². The fourth-order valence-corrected chi connectivity index (χ4v) is 1.49. The first-order valence-corrected chi connectivity index (χ1v) is 5.06. The molecule has 2 heteroatoms. The van der Waals surface area contributed by atoms with Gasteiger partial charge in [-0.3, -0.25) is 4.68 Å². The Kier molecular flexibility index (Phi) is 2.79. The molecule has 1 heterocycles. The van der Waals surface area contributed by atoms with Crippen molar-refractivity contribution >= 4 is 0 Å². The summed E-state index contributed by atoms with van der Waals surface area (Å²) in [5, 5.41) is 4.53. The van der Waals surface area contributed by atoms with Gasteiger partial charge in [-0.05, 0) is 19.4 Å². The van der Waals surface area contributed by atoms with Crippen LogP contribution in [0.25, 0.3) is 0 Å². The van der Waals surface area contributed by atoms with Gasteiger partial charge in [-0.2, -0.15) is 5.10 Å². The van der Waals surface area contributed by atoms with E-state index in [2.05, 4.69) is 50.5 Å². The van der Waals surface area contributed by atoms with Crippen molar-refractivity contribution in [3.63, 3.8) is 0 Å². The molecule has 0 aromatic carbocycles. The zero-order valence-electron chi connectivity index (χ0n) is 9.39. The van der Waals surface area contributed by atoms with Gasteiger partial charge in [0, 0.05) is 17.7 Å². The second-order valence-electron chi connectivity index (χ2n) is 4.44. The normalized spacial score (nSPS) is 12.1. The van der Waals surface area contributed by atoms with E-state index < -0.39 is 0 Å². The third-order valence-electron chi connectivity index (χ3n) is 2.26. The van der Waals surface area contributed by atoms with Gasteiger partial charge in [-0.25, -0.2) is 0 Å². The smallest absolute Gasteiger partial charge is 0.0625 e. The molecule has 0 saturated heterocycles. The summed E-state index contributed by atoms with van der Waals surface area (Å²) in [6, 6.07) is 2.23. The number of rotatable bonds is 2. The van der Waals surface area contributed by atoms with Gasteiger partial charge >= 0.3 is 0 Å². The summed E-state index contributed by atoms with van der Waals surface area (Å²) in [4.78, 5) is 0. The Hall–Kier alpha value is -0.790. The van der Waals surface area contributed by atoms with Gasteiger partial charge in [-0.1, -0.05) is 27.7 Å². The molecule has 1 aromatic rings. The lowest BCUT2D eigenvalue weighted by Crippen LogP contribution is -2.17. The van der Waals surface area contributed by atoms with Crippen molar-refractivity contribution in [2.24, 2.45) is 0 Å². The highest BCUT2D eigenvalue weighted by atomic mass is 15.3. The van der Waals surface area contributed by atoms with E-state index in [4.69, 9.17) is 0 Å². The zero-order valence-corrected chi connectivity index (χ0v) is 9.39. The zero-order chi connectivity index (χ0) is 10.1. The lowest BCUT2D eigenvalue weighted by atomic mass is 9.92. The van der Waals surface area contributed by atoms with E-state index in [1.165, 1.54) is 11.4 Å². The molecule has 0 unspecified atom stereocenters. The van der Waals surface area contributed by atoms with Crippen LogP contribution >= 0.6 is 0 Å². The highest BCUT2D eigenvalue weighted by Crippen LogP contribution is 2.23. The van der Waals surface area contributed by atoms with Crippen molar-refractivity contribution in [2.75, 3.05) is 0 Å². The number of nitrogens with zero attached hydrogens (tertiary/aromatic N) is 2. The summed E-state index contributed by atoms with van der Waals surface area (Å²) in [5.41, 5.74) is 2.75. The maximum absolute atomic E-state index is 4.53. The van der Waals surface area contributed by atoms with Crippen LogP contribution < -0.4 is 0 Å². The lowest BCUT2D eigenvalue weighted by Gasteiger charge is -2.19. The lowest BCUT2D eigenvalue weighted by molar-refractivity contribution is 0.497. The summed E-state index contributed by atoms with van der Waals surface area (Å²) < 4.78 is 2.11. The standard InChI is InChI=1S/C11H20N2/c1-6-9-8-10(11(3,4)5)13(7-2)12-9/h8H,6-7H2,1-5H3. The van der Waals surface area contributed by atoms with Gasteiger partial charge in [0.1, 0.15) is 0 Å². The van der Waals surface area contributed by atoms with Crippen LogP contribution in [0.3, 0.4) is 0 Å². The molecule has 2 nitrogen and oxygen atoms in total. The molecular formula is C11H20N2. The molecular weight excluding hydrogens is 160 g/mol. The number of hydrogen-bond acceptors (Lipinski definition) is 1. The molecule has 0 atom stereocenters. The predicted molar refractivity (Wildman–Crippen MR) is 56.0 cm³/mol. The van der Waals surface area contributed by atoms with Crippen LogP contribution in [0.1, 0.15) is 46.0 Å². The first-order valence-electron chi connectivity index (χ1n) is 5.06. The monoisotopic (exact) mass is 180 g/mol. The van der Waals surface area contributed by atoms with E-state index in [1.54, 1.807) is 0 Å². The van der Waals surface area contributed by atoms with E-state index in [0.717, 1.165) is 13.0 Å². The second-order valence-corrected chi connectivity index (χ2v) is 4.44. The maximum Gasteiger partial charge on any atom is 0.0625 e. The first kappa shape index (κ1) is 10.3. The minimum atomic E-state index is 0.205. The third kappa shape index (κ3) is 2.11. The quantitative estimate of drug-likeness (QED) is 0.684. The summed E-state index contributed by atoms with van der Waals surface area (Å²) in [6.07, 6.45) is 1.02. The van der Waals surface area contributed by atoms with Crippen molar-refractivity contribution in [1.29, 1.82) is 0 Å². The molecule has 13 heavy (non-hydrogen) atoms. The van der Waals surface area contributed by atoms with Crippen LogP contribution in [0, 0.1) is 0 Å². The SMILES string of the molecule is CCc1cc(C(C)(C)C)n(CC)n1. The van der Waals surface area contributed by atoms with E-state index in [-0.39, 0.29) is 5.41 Å². The van der Waals surface area contributed by atoms with Gasteiger partial charge in [0.2, 0.25) is 0 Å². The van der Waals surface area contributed by atoms with Crippen LogP contribution in [0.15, 0.2) is 6.07 Å². The Morgan fingerprint density at radius 3 is 2.23 bits per heavy atom. The maximum atomic E-state index is 4.53. The third-order valence-corrected chi connectivity index (χ3v) is 2.26. The molecule has 0 fully saturated rings. The predicted octanol–water partition coefficient (Wildman–Crippen LogP) is 2.76. The van der Waals surface area contributed by atoms with Crippen LogP contribution in [0.4, 0.5) is 0 Å². The molecule has 0 radical (unpaired) electrons. The van der Waals surface area contributed by atoms with Crippen LogP contribution in [0.5, 0.6) is 0 Å². The Balaban J connectivity index is 3.11. The second kappa shape index (κ2) is 3.52. The molecule has 1 rings (SSSR count). The van der Waals surface area contributed by atoms with Gasteiger partial charge < -0.3 is 0 Å². The minimum absolute atomic E-state index is 0.205. The number of hydrogen-bond donors (Lipinski definition) is 0. The Bertz CT molecular complexity index is 279. The van der Waals surface area contributed by atoms with Gasteiger partial charge in [0.25, 0.3) is 0 Å². The average Bonchev–Trinajstić information content (AvgIpc) is 2.46. The summed E-state index contributed by atoms with van der Waals surface area (Å²) in [6.45, 7) is 11.9. The van der Waals surface area contributed by atoms with E-state index >= 15 is 0 Å². The van der Waals surface area contributed by atoms with Crippen molar-refractivity contribution in [1.82, 2.24) is 9.78 Å². The Morgan fingerprint density at radius 1 is 1.31 bits per heavy atom. The average molecular weight is 180 g/mol. The Labute approximate surface area is 81.0 Å². The van der Waals surface area contributed by atoms with Gasteiger partial charge in [0.05, 0.1) is 5.69 Å². The molecule has 0 spiro atoms. The molecule has 0 aliphatic carbocycles. The largest absolute Gasteiger partial charge is 0.269 e. The number of aromatic nitrogens is 2. The molecule has 74 valence electrons. The van der Waals surface area contributed by atoms with Crippen LogP contribution in [-0.2, 0) is 18.4 Å². The van der Waals surface area contributed by atoms with Gasteiger partial charge in [-0.15, -0.1) is 0 Å². The van der Waals surface area contributed by atoms with Crippen molar-refractivity contribution in [3.8, 4) is 0 Å². The molecule has 1 aromatic heterocycles. The summed E-state index contributed by atoms with van der Waals surface area (Å²) in [5.74, 6) is 0. The topological polar surface area (TPSA) is 17.8 Å². The van der Waals surface area contributed by atoms with Crippen LogP contribution in [0.2, 0.25) is 0 Å². The van der Waals surface area contributed by atoms with E-state index in [9.17, 15) is 0 Å². The molecule has 0 aliphatic rings. The molecule has 0 saturated carbocycles. The van der Waals surface area contributed by atoms with Crippen molar-refractivity contribution in [3.05, 3.63) is 17.5 Å².